The number of hydrogen-bond donors (Lipinski definition) is 1. The molecular weight excluding hydrogens is 236 g/mol. The van der Waals surface area contributed by atoms with E-state index in [1.54, 1.807) is 18.2 Å². The van der Waals surface area contributed by atoms with E-state index in [0.717, 1.165) is 0 Å². The van der Waals surface area contributed by atoms with Crippen molar-refractivity contribution in [3.63, 3.8) is 0 Å². The maximum Gasteiger partial charge on any atom is 0.513 e. The smallest absolute Gasteiger partial charge is 0.481 e. The zero-order valence-electron chi connectivity index (χ0n) is 10.4. The third-order valence-corrected chi connectivity index (χ3v) is 2.04. The molecule has 0 atom stereocenters. The highest BCUT2D eigenvalue weighted by atomic mass is 16.7. The summed E-state index contributed by atoms with van der Waals surface area (Å²) in [7, 11) is 0. The van der Waals surface area contributed by atoms with Crippen molar-refractivity contribution in [2.45, 2.75) is 20.3 Å². The Kier molecular flexibility index (Phi) is 5.17. The summed E-state index contributed by atoms with van der Waals surface area (Å²) in [6.45, 7) is 4.08. The minimum absolute atomic E-state index is 0.201. The summed E-state index contributed by atoms with van der Waals surface area (Å²) in [4.78, 5) is 22.0. The zero-order valence-corrected chi connectivity index (χ0v) is 10.4. The quantitative estimate of drug-likeness (QED) is 0.643. The van der Waals surface area contributed by atoms with Crippen LogP contribution in [0.25, 0.3) is 0 Å². The Balaban J connectivity index is 2.65. The maximum atomic E-state index is 11.4. The van der Waals surface area contributed by atoms with Crippen LogP contribution in [0.4, 0.5) is 4.79 Å². The van der Waals surface area contributed by atoms with Crippen LogP contribution in [0.2, 0.25) is 0 Å². The van der Waals surface area contributed by atoms with Gasteiger partial charge in [-0.3, -0.25) is 4.79 Å². The van der Waals surface area contributed by atoms with E-state index in [2.05, 4.69) is 0 Å². The summed E-state index contributed by atoms with van der Waals surface area (Å²) >= 11 is 0. The summed E-state index contributed by atoms with van der Waals surface area (Å²) in [6, 6.07) is 6.48. The van der Waals surface area contributed by atoms with Crippen LogP contribution in [0.5, 0.6) is 5.75 Å². The predicted octanol–water partition coefficient (Wildman–Crippen LogP) is 2.49. The third-order valence-electron chi connectivity index (χ3n) is 2.04. The Labute approximate surface area is 105 Å². The highest BCUT2D eigenvalue weighted by molar-refractivity contribution is 5.72. The lowest BCUT2D eigenvalue weighted by molar-refractivity contribution is -0.136. The molecule has 0 aliphatic heterocycles. The summed E-state index contributed by atoms with van der Waals surface area (Å²) in [5.41, 5.74) is 0.437. The Bertz CT molecular complexity index is 425. The summed E-state index contributed by atoms with van der Waals surface area (Å²) in [6.07, 6.45) is -1.02. The summed E-state index contributed by atoms with van der Waals surface area (Å²) in [5, 5.41) is 8.73. The van der Waals surface area contributed by atoms with Gasteiger partial charge < -0.3 is 14.6 Å². The van der Waals surface area contributed by atoms with E-state index < -0.39 is 12.1 Å². The molecule has 0 saturated heterocycles. The van der Waals surface area contributed by atoms with Crippen LogP contribution < -0.4 is 4.74 Å². The van der Waals surface area contributed by atoms with Crippen LogP contribution in [-0.4, -0.2) is 23.8 Å². The SMILES string of the molecule is CC(C)COC(=O)Oc1ccccc1CC(=O)O. The molecule has 1 aromatic rings. The number of ether oxygens (including phenoxy) is 2. The highest BCUT2D eigenvalue weighted by Gasteiger charge is 2.12. The molecule has 1 aromatic carbocycles. The second-order valence-corrected chi connectivity index (χ2v) is 4.24. The summed E-state index contributed by atoms with van der Waals surface area (Å²) in [5.74, 6) is -0.554. The molecular formula is C13H16O5. The minimum atomic E-state index is -0.985. The normalized spacial score (nSPS) is 10.2. The molecule has 0 aromatic heterocycles. The number of carbonyl (C=O) groups is 2. The lowest BCUT2D eigenvalue weighted by Crippen LogP contribution is -2.15. The first-order chi connectivity index (χ1) is 8.49. The van der Waals surface area contributed by atoms with E-state index in [-0.39, 0.29) is 24.7 Å². The number of carboxylic acid groups (broad SMARTS) is 1. The first kappa shape index (κ1) is 14.0. The van der Waals surface area contributed by atoms with Crippen molar-refractivity contribution in [2.24, 2.45) is 5.92 Å². The molecule has 1 N–H and O–H groups in total. The fourth-order valence-corrected chi connectivity index (χ4v) is 1.27. The minimum Gasteiger partial charge on any atom is -0.481 e. The van der Waals surface area contributed by atoms with Crippen LogP contribution in [-0.2, 0) is 16.0 Å². The number of carboxylic acids is 1. The molecule has 0 amide bonds. The fourth-order valence-electron chi connectivity index (χ4n) is 1.27. The third kappa shape index (κ3) is 4.86. The summed E-state index contributed by atoms with van der Waals surface area (Å²) < 4.78 is 9.83. The van der Waals surface area contributed by atoms with E-state index in [1.807, 2.05) is 13.8 Å². The van der Waals surface area contributed by atoms with Gasteiger partial charge in [-0.25, -0.2) is 4.79 Å². The average molecular weight is 252 g/mol. The van der Waals surface area contributed by atoms with E-state index in [1.165, 1.54) is 6.07 Å². The number of benzene rings is 1. The van der Waals surface area contributed by atoms with Gasteiger partial charge in [-0.15, -0.1) is 0 Å². The van der Waals surface area contributed by atoms with Crippen molar-refractivity contribution in [2.75, 3.05) is 6.61 Å². The molecule has 0 spiro atoms. The van der Waals surface area contributed by atoms with Gasteiger partial charge >= 0.3 is 12.1 Å². The molecule has 5 heteroatoms. The van der Waals surface area contributed by atoms with Gasteiger partial charge in [-0.05, 0) is 12.0 Å². The van der Waals surface area contributed by atoms with Crippen molar-refractivity contribution in [3.8, 4) is 5.75 Å². The molecule has 0 fully saturated rings. The molecule has 18 heavy (non-hydrogen) atoms. The topological polar surface area (TPSA) is 72.8 Å². The highest BCUT2D eigenvalue weighted by Crippen LogP contribution is 2.19. The Morgan fingerprint density at radius 3 is 2.56 bits per heavy atom. The van der Waals surface area contributed by atoms with Crippen molar-refractivity contribution < 1.29 is 24.2 Å². The van der Waals surface area contributed by atoms with E-state index in [9.17, 15) is 9.59 Å². The number of rotatable bonds is 5. The van der Waals surface area contributed by atoms with E-state index in [4.69, 9.17) is 14.6 Å². The van der Waals surface area contributed by atoms with Crippen LogP contribution in [0, 0.1) is 5.92 Å². The van der Waals surface area contributed by atoms with Gasteiger partial charge in [0.1, 0.15) is 5.75 Å². The van der Waals surface area contributed by atoms with Gasteiger partial charge in [0.15, 0.2) is 0 Å². The second-order valence-electron chi connectivity index (χ2n) is 4.24. The first-order valence-electron chi connectivity index (χ1n) is 5.63. The molecule has 0 aliphatic rings. The van der Waals surface area contributed by atoms with Gasteiger partial charge in [0.05, 0.1) is 13.0 Å². The number of carbonyl (C=O) groups excluding carboxylic acids is 1. The fraction of sp³-hybridized carbons (Fsp3) is 0.385. The molecule has 0 bridgehead atoms. The lowest BCUT2D eigenvalue weighted by atomic mass is 10.1. The van der Waals surface area contributed by atoms with Gasteiger partial charge in [-0.2, -0.15) is 0 Å². The Hall–Kier alpha value is -2.04. The monoisotopic (exact) mass is 252 g/mol. The number of aliphatic carboxylic acids is 1. The van der Waals surface area contributed by atoms with Crippen molar-refractivity contribution in [1.29, 1.82) is 0 Å². The molecule has 98 valence electrons. The standard InChI is InChI=1S/C13H16O5/c1-9(2)8-17-13(16)18-11-6-4-3-5-10(11)7-12(14)15/h3-6,9H,7-8H2,1-2H3,(H,14,15). The Morgan fingerprint density at radius 1 is 1.28 bits per heavy atom. The van der Waals surface area contributed by atoms with Gasteiger partial charge in [0.2, 0.25) is 0 Å². The largest absolute Gasteiger partial charge is 0.513 e. The zero-order chi connectivity index (χ0) is 13.5. The maximum absolute atomic E-state index is 11.4. The predicted molar refractivity (Wildman–Crippen MR) is 64.6 cm³/mol. The van der Waals surface area contributed by atoms with Crippen LogP contribution in [0.15, 0.2) is 24.3 Å². The lowest BCUT2D eigenvalue weighted by Gasteiger charge is -2.10. The van der Waals surface area contributed by atoms with Crippen molar-refractivity contribution >= 4 is 12.1 Å². The van der Waals surface area contributed by atoms with Crippen LogP contribution in [0.1, 0.15) is 19.4 Å². The molecule has 1 rings (SSSR count). The van der Waals surface area contributed by atoms with Gasteiger partial charge in [0, 0.05) is 5.56 Å². The molecule has 0 unspecified atom stereocenters. The first-order valence-corrected chi connectivity index (χ1v) is 5.63. The molecule has 0 heterocycles. The molecule has 0 radical (unpaired) electrons. The molecule has 5 nitrogen and oxygen atoms in total. The van der Waals surface area contributed by atoms with Crippen LogP contribution >= 0.6 is 0 Å². The van der Waals surface area contributed by atoms with Gasteiger partial charge in [0.25, 0.3) is 0 Å². The second kappa shape index (κ2) is 6.64. The molecule has 0 saturated carbocycles. The van der Waals surface area contributed by atoms with Crippen LogP contribution in [0.3, 0.4) is 0 Å². The van der Waals surface area contributed by atoms with Crippen molar-refractivity contribution in [1.82, 2.24) is 0 Å². The van der Waals surface area contributed by atoms with Gasteiger partial charge in [-0.1, -0.05) is 32.0 Å². The number of hydrogen-bond acceptors (Lipinski definition) is 4. The average Bonchev–Trinajstić information content (AvgIpc) is 2.28. The Morgan fingerprint density at radius 2 is 1.94 bits per heavy atom. The van der Waals surface area contributed by atoms with Crippen molar-refractivity contribution in [3.05, 3.63) is 29.8 Å². The van der Waals surface area contributed by atoms with E-state index in [0.29, 0.717) is 5.56 Å². The number of para-hydroxylation sites is 1. The molecule has 0 aliphatic carbocycles. The van der Waals surface area contributed by atoms with E-state index >= 15 is 0 Å².